The van der Waals surface area contributed by atoms with Gasteiger partial charge in [-0.05, 0) is 12.8 Å². The second kappa shape index (κ2) is 4.92. The smallest absolute Gasteiger partial charge is 0.293 e. The van der Waals surface area contributed by atoms with Crippen LogP contribution in [0.4, 0.5) is 0 Å². The van der Waals surface area contributed by atoms with Crippen LogP contribution in [0, 0.1) is 0 Å². The number of carbonyl (C=O) groups is 1. The highest BCUT2D eigenvalue weighted by Gasteiger charge is 2.35. The van der Waals surface area contributed by atoms with E-state index in [1.165, 1.54) is 0 Å². The minimum Gasteiger partial charge on any atom is -0.464 e. The molecule has 1 aliphatic heterocycles. The predicted molar refractivity (Wildman–Crippen MR) is 50.0 cm³/mol. The third kappa shape index (κ3) is 2.68. The Morgan fingerprint density at radius 1 is 1.20 bits per heavy atom. The third-order valence-corrected chi connectivity index (χ3v) is 3.05. The van der Waals surface area contributed by atoms with Gasteiger partial charge in [-0.2, -0.15) is 0 Å². The molecule has 1 N–H and O–H groups in total. The summed E-state index contributed by atoms with van der Waals surface area (Å²) in [5.74, 6) is 0. The molecule has 0 aromatic carbocycles. The second-order valence-electron chi connectivity index (χ2n) is 4.08. The number of aliphatic hydroxyl groups excluding tert-OH is 1. The minimum atomic E-state index is -0.391. The Kier molecular flexibility index (Phi) is 3.56. The molecule has 0 aromatic heterocycles. The Labute approximate surface area is 88.3 Å². The number of carbonyl (C=O) groups excluding carboxylic acids is 1. The molecule has 5 heteroatoms. The van der Waals surface area contributed by atoms with Crippen molar-refractivity contribution in [3.63, 3.8) is 0 Å². The highest BCUT2D eigenvalue weighted by molar-refractivity contribution is 5.37. The molecule has 1 heterocycles. The van der Waals surface area contributed by atoms with Crippen molar-refractivity contribution in [3.05, 3.63) is 0 Å². The van der Waals surface area contributed by atoms with Gasteiger partial charge in [-0.25, -0.2) is 0 Å². The van der Waals surface area contributed by atoms with E-state index in [1.54, 1.807) is 0 Å². The first-order valence-corrected chi connectivity index (χ1v) is 5.30. The molecule has 0 aromatic rings. The van der Waals surface area contributed by atoms with Crippen LogP contribution >= 0.6 is 0 Å². The molecule has 1 saturated carbocycles. The van der Waals surface area contributed by atoms with Gasteiger partial charge in [0.2, 0.25) is 0 Å². The number of aliphatic hydroxyl groups is 1. The standard InChI is InChI=1S/C10H16O5/c11-5-13-8-2-1-7(12)3-9-10(4-8)15-6-14-9/h5,7-10,12H,1-4,6H2. The maximum atomic E-state index is 10.3. The molecule has 15 heavy (non-hydrogen) atoms. The average Bonchev–Trinajstić information content (AvgIpc) is 2.60. The van der Waals surface area contributed by atoms with Crippen LogP contribution in [0.1, 0.15) is 25.7 Å². The van der Waals surface area contributed by atoms with Gasteiger partial charge in [0.25, 0.3) is 6.47 Å². The molecule has 4 unspecified atom stereocenters. The molecule has 1 aliphatic carbocycles. The molecule has 0 spiro atoms. The van der Waals surface area contributed by atoms with Crippen LogP contribution in [-0.4, -0.2) is 42.8 Å². The molecule has 86 valence electrons. The van der Waals surface area contributed by atoms with E-state index in [0.29, 0.717) is 32.2 Å². The Balaban J connectivity index is 1.97. The Hall–Kier alpha value is -0.650. The zero-order valence-electron chi connectivity index (χ0n) is 8.50. The molecule has 5 nitrogen and oxygen atoms in total. The monoisotopic (exact) mass is 216 g/mol. The Morgan fingerprint density at radius 2 is 1.93 bits per heavy atom. The van der Waals surface area contributed by atoms with Gasteiger partial charge < -0.3 is 19.3 Å². The molecule has 0 radical (unpaired) electrons. The number of fused-ring (bicyclic) bond motifs is 1. The largest absolute Gasteiger partial charge is 0.464 e. The van der Waals surface area contributed by atoms with Crippen LogP contribution in [0.3, 0.4) is 0 Å². The molecule has 2 aliphatic rings. The molecule has 2 rings (SSSR count). The van der Waals surface area contributed by atoms with Crippen molar-refractivity contribution in [3.8, 4) is 0 Å². The first-order valence-electron chi connectivity index (χ1n) is 5.30. The van der Waals surface area contributed by atoms with Crippen molar-refractivity contribution in [2.45, 2.75) is 50.1 Å². The average molecular weight is 216 g/mol. The van der Waals surface area contributed by atoms with E-state index in [2.05, 4.69) is 0 Å². The number of hydrogen-bond donors (Lipinski definition) is 1. The van der Waals surface area contributed by atoms with Crippen molar-refractivity contribution < 1.29 is 24.1 Å². The summed E-state index contributed by atoms with van der Waals surface area (Å²) in [7, 11) is 0. The zero-order valence-corrected chi connectivity index (χ0v) is 8.50. The number of hydrogen-bond acceptors (Lipinski definition) is 5. The van der Waals surface area contributed by atoms with Gasteiger partial charge in [-0.3, -0.25) is 4.79 Å². The third-order valence-electron chi connectivity index (χ3n) is 3.05. The summed E-state index contributed by atoms with van der Waals surface area (Å²) in [6, 6.07) is 0. The molecular formula is C10H16O5. The summed E-state index contributed by atoms with van der Waals surface area (Å²) in [6.07, 6.45) is 1.94. The first-order chi connectivity index (χ1) is 7.29. The fourth-order valence-electron chi connectivity index (χ4n) is 2.21. The van der Waals surface area contributed by atoms with Gasteiger partial charge in [-0.15, -0.1) is 0 Å². The van der Waals surface area contributed by atoms with Gasteiger partial charge in [0.15, 0.2) is 0 Å². The van der Waals surface area contributed by atoms with E-state index in [0.717, 1.165) is 0 Å². The molecule has 4 atom stereocenters. The molecule has 0 amide bonds. The summed E-state index contributed by atoms with van der Waals surface area (Å²) in [6.45, 7) is 0.735. The lowest BCUT2D eigenvalue weighted by atomic mass is 9.92. The first kappa shape index (κ1) is 10.9. The topological polar surface area (TPSA) is 65.0 Å². The lowest BCUT2D eigenvalue weighted by Crippen LogP contribution is -2.35. The predicted octanol–water partition coefficient (Wildman–Crippen LogP) is 0.204. The van der Waals surface area contributed by atoms with E-state index in [4.69, 9.17) is 14.2 Å². The normalized spacial score (nSPS) is 41.4. The van der Waals surface area contributed by atoms with Gasteiger partial charge in [0.1, 0.15) is 12.9 Å². The molecule has 1 saturated heterocycles. The van der Waals surface area contributed by atoms with E-state index in [1.807, 2.05) is 0 Å². The number of rotatable bonds is 2. The fraction of sp³-hybridized carbons (Fsp3) is 0.900. The summed E-state index contributed by atoms with van der Waals surface area (Å²) in [5.41, 5.74) is 0. The Morgan fingerprint density at radius 3 is 2.67 bits per heavy atom. The van der Waals surface area contributed by atoms with Gasteiger partial charge in [0, 0.05) is 12.8 Å². The van der Waals surface area contributed by atoms with E-state index in [-0.39, 0.29) is 25.1 Å². The fourth-order valence-corrected chi connectivity index (χ4v) is 2.21. The van der Waals surface area contributed by atoms with Gasteiger partial charge in [-0.1, -0.05) is 0 Å². The second-order valence-corrected chi connectivity index (χ2v) is 4.08. The van der Waals surface area contributed by atoms with E-state index < -0.39 is 6.10 Å². The quantitative estimate of drug-likeness (QED) is 0.668. The maximum absolute atomic E-state index is 10.3. The van der Waals surface area contributed by atoms with Gasteiger partial charge in [0.05, 0.1) is 18.3 Å². The van der Waals surface area contributed by atoms with Crippen LogP contribution in [0.5, 0.6) is 0 Å². The maximum Gasteiger partial charge on any atom is 0.293 e. The van der Waals surface area contributed by atoms with Gasteiger partial charge >= 0.3 is 0 Å². The van der Waals surface area contributed by atoms with Crippen molar-refractivity contribution in [1.82, 2.24) is 0 Å². The summed E-state index contributed by atoms with van der Waals surface area (Å²) < 4.78 is 15.7. The highest BCUT2D eigenvalue weighted by Crippen LogP contribution is 2.28. The number of ether oxygens (including phenoxy) is 3. The summed E-state index contributed by atoms with van der Waals surface area (Å²) >= 11 is 0. The molecular weight excluding hydrogens is 200 g/mol. The lowest BCUT2D eigenvalue weighted by molar-refractivity contribution is -0.136. The highest BCUT2D eigenvalue weighted by atomic mass is 16.7. The van der Waals surface area contributed by atoms with Crippen LogP contribution in [0.15, 0.2) is 0 Å². The molecule has 2 fully saturated rings. The van der Waals surface area contributed by atoms with Crippen molar-refractivity contribution in [1.29, 1.82) is 0 Å². The van der Waals surface area contributed by atoms with Crippen LogP contribution < -0.4 is 0 Å². The zero-order chi connectivity index (χ0) is 10.7. The van der Waals surface area contributed by atoms with Crippen molar-refractivity contribution >= 4 is 6.47 Å². The van der Waals surface area contributed by atoms with Crippen molar-refractivity contribution in [2.24, 2.45) is 0 Å². The summed E-state index contributed by atoms with van der Waals surface area (Å²) in [5, 5.41) is 9.67. The van der Waals surface area contributed by atoms with Crippen LogP contribution in [0.25, 0.3) is 0 Å². The van der Waals surface area contributed by atoms with Crippen molar-refractivity contribution in [2.75, 3.05) is 6.79 Å². The minimum absolute atomic E-state index is 0.0510. The Bertz CT molecular complexity index is 220. The molecule has 0 bridgehead atoms. The van der Waals surface area contributed by atoms with Crippen LogP contribution in [0.2, 0.25) is 0 Å². The lowest BCUT2D eigenvalue weighted by Gasteiger charge is -2.27. The van der Waals surface area contributed by atoms with E-state index in [9.17, 15) is 9.90 Å². The van der Waals surface area contributed by atoms with E-state index >= 15 is 0 Å². The van der Waals surface area contributed by atoms with Crippen LogP contribution in [-0.2, 0) is 19.0 Å². The summed E-state index contributed by atoms with van der Waals surface area (Å²) in [4.78, 5) is 10.3. The SMILES string of the molecule is O=COC1CCC(O)CC2OCOC2C1.